The second kappa shape index (κ2) is 5.34. The Labute approximate surface area is 98.4 Å². The Morgan fingerprint density at radius 3 is 2.69 bits per heavy atom. The molecule has 0 bridgehead atoms. The number of likely N-dealkylation sites (tertiary alicyclic amines) is 1. The highest BCUT2D eigenvalue weighted by molar-refractivity contribution is 5.81. The summed E-state index contributed by atoms with van der Waals surface area (Å²) in [5.41, 5.74) is 0.337. The first-order chi connectivity index (χ1) is 7.50. The van der Waals surface area contributed by atoms with Gasteiger partial charge in [-0.2, -0.15) is 5.26 Å². The molecule has 0 radical (unpaired) electrons. The Kier molecular flexibility index (Phi) is 4.35. The average molecular weight is 222 g/mol. The van der Waals surface area contributed by atoms with E-state index >= 15 is 0 Å². The van der Waals surface area contributed by atoms with Crippen molar-refractivity contribution in [1.29, 1.82) is 5.26 Å². The minimum absolute atomic E-state index is 0.0303. The second-order valence-corrected chi connectivity index (χ2v) is 5.43. The van der Waals surface area contributed by atoms with Gasteiger partial charge in [0.1, 0.15) is 5.92 Å². The van der Waals surface area contributed by atoms with E-state index in [2.05, 4.69) is 19.9 Å². The molecule has 1 amide bonds. The molecule has 0 saturated carbocycles. The van der Waals surface area contributed by atoms with Gasteiger partial charge in [-0.05, 0) is 31.1 Å². The quantitative estimate of drug-likeness (QED) is 0.720. The molecule has 1 atom stereocenters. The molecule has 1 heterocycles. The summed E-state index contributed by atoms with van der Waals surface area (Å²) in [6, 6.07) is 2.10. The van der Waals surface area contributed by atoms with Crippen molar-refractivity contribution in [3.63, 3.8) is 0 Å². The molecular weight excluding hydrogens is 200 g/mol. The van der Waals surface area contributed by atoms with Crippen molar-refractivity contribution in [3.8, 4) is 6.07 Å². The second-order valence-electron chi connectivity index (χ2n) is 5.43. The smallest absolute Gasteiger partial charge is 0.239 e. The van der Waals surface area contributed by atoms with Gasteiger partial charge in [-0.25, -0.2) is 0 Å². The van der Waals surface area contributed by atoms with Crippen LogP contribution in [0.3, 0.4) is 0 Å². The van der Waals surface area contributed by atoms with Gasteiger partial charge in [0.25, 0.3) is 0 Å². The third-order valence-electron chi connectivity index (χ3n) is 3.51. The standard InChI is InChI=1S/C13H22N2O/c1-4-11(10-14)12(16)15-8-5-6-13(2,3)7-9-15/h11H,4-9H2,1-3H3. The Bertz CT molecular complexity index is 291. The summed E-state index contributed by atoms with van der Waals surface area (Å²) in [5, 5.41) is 8.90. The van der Waals surface area contributed by atoms with Gasteiger partial charge in [-0.3, -0.25) is 4.79 Å². The number of carbonyl (C=O) groups excluding carboxylic acids is 1. The van der Waals surface area contributed by atoms with Gasteiger partial charge in [-0.1, -0.05) is 20.8 Å². The number of rotatable bonds is 2. The Hall–Kier alpha value is -1.04. The number of amides is 1. The largest absolute Gasteiger partial charge is 0.342 e. The summed E-state index contributed by atoms with van der Waals surface area (Å²) in [6.07, 6.45) is 3.89. The predicted octanol–water partition coefficient (Wildman–Crippen LogP) is 2.57. The SMILES string of the molecule is CCC(C#N)C(=O)N1CCCC(C)(C)CC1. The van der Waals surface area contributed by atoms with Gasteiger partial charge >= 0.3 is 0 Å². The number of hydrogen-bond donors (Lipinski definition) is 0. The molecule has 1 aliphatic heterocycles. The van der Waals surface area contributed by atoms with Crippen molar-refractivity contribution < 1.29 is 4.79 Å². The van der Waals surface area contributed by atoms with Crippen molar-refractivity contribution in [2.75, 3.05) is 13.1 Å². The molecular formula is C13H22N2O. The normalized spacial score (nSPS) is 22.0. The zero-order valence-corrected chi connectivity index (χ0v) is 10.6. The van der Waals surface area contributed by atoms with Crippen LogP contribution in [-0.2, 0) is 4.79 Å². The van der Waals surface area contributed by atoms with E-state index in [1.54, 1.807) is 0 Å². The molecule has 1 rings (SSSR count). The van der Waals surface area contributed by atoms with Gasteiger partial charge in [0, 0.05) is 13.1 Å². The zero-order valence-electron chi connectivity index (χ0n) is 10.6. The molecule has 3 heteroatoms. The highest BCUT2D eigenvalue weighted by Crippen LogP contribution is 2.30. The van der Waals surface area contributed by atoms with Gasteiger partial charge in [-0.15, -0.1) is 0 Å². The maximum absolute atomic E-state index is 12.0. The molecule has 90 valence electrons. The third kappa shape index (κ3) is 3.23. The summed E-state index contributed by atoms with van der Waals surface area (Å²) < 4.78 is 0. The summed E-state index contributed by atoms with van der Waals surface area (Å²) in [7, 11) is 0. The maximum Gasteiger partial charge on any atom is 0.239 e. The Morgan fingerprint density at radius 2 is 2.12 bits per heavy atom. The fourth-order valence-corrected chi connectivity index (χ4v) is 2.18. The van der Waals surface area contributed by atoms with Crippen LogP contribution in [0.2, 0.25) is 0 Å². The van der Waals surface area contributed by atoms with Crippen molar-refractivity contribution in [3.05, 3.63) is 0 Å². The lowest BCUT2D eigenvalue weighted by molar-refractivity contribution is -0.133. The van der Waals surface area contributed by atoms with Crippen LogP contribution in [-0.4, -0.2) is 23.9 Å². The molecule has 0 N–H and O–H groups in total. The van der Waals surface area contributed by atoms with Crippen LogP contribution in [0.1, 0.15) is 46.5 Å². The van der Waals surface area contributed by atoms with E-state index in [9.17, 15) is 4.79 Å². The minimum Gasteiger partial charge on any atom is -0.342 e. The molecule has 0 aromatic carbocycles. The van der Waals surface area contributed by atoms with Crippen molar-refractivity contribution in [2.24, 2.45) is 11.3 Å². The summed E-state index contributed by atoms with van der Waals surface area (Å²) >= 11 is 0. The van der Waals surface area contributed by atoms with Gasteiger partial charge in [0.15, 0.2) is 0 Å². The summed E-state index contributed by atoms with van der Waals surface area (Å²) in [4.78, 5) is 13.9. The van der Waals surface area contributed by atoms with Crippen molar-refractivity contribution >= 4 is 5.91 Å². The van der Waals surface area contributed by atoms with Gasteiger partial charge in [0.2, 0.25) is 5.91 Å². The lowest BCUT2D eigenvalue weighted by atomic mass is 9.85. The number of carbonyl (C=O) groups is 1. The van der Waals surface area contributed by atoms with E-state index in [1.165, 1.54) is 6.42 Å². The maximum atomic E-state index is 12.0. The zero-order chi connectivity index (χ0) is 12.2. The number of nitrogens with zero attached hydrogens (tertiary/aromatic N) is 2. The van der Waals surface area contributed by atoms with E-state index in [0.29, 0.717) is 11.8 Å². The lowest BCUT2D eigenvalue weighted by Gasteiger charge is -2.24. The highest BCUT2D eigenvalue weighted by atomic mass is 16.2. The summed E-state index contributed by atoms with van der Waals surface area (Å²) in [5.74, 6) is -0.413. The molecule has 3 nitrogen and oxygen atoms in total. The Morgan fingerprint density at radius 1 is 1.44 bits per heavy atom. The lowest BCUT2D eigenvalue weighted by Crippen LogP contribution is -2.36. The van der Waals surface area contributed by atoms with Crippen LogP contribution in [0.25, 0.3) is 0 Å². The Balaban J connectivity index is 2.62. The molecule has 1 unspecified atom stereocenters. The predicted molar refractivity (Wildman–Crippen MR) is 63.6 cm³/mol. The van der Waals surface area contributed by atoms with Gasteiger partial charge < -0.3 is 4.90 Å². The van der Waals surface area contributed by atoms with E-state index in [-0.39, 0.29) is 5.91 Å². The van der Waals surface area contributed by atoms with Crippen LogP contribution in [0.5, 0.6) is 0 Å². The van der Waals surface area contributed by atoms with Crippen molar-refractivity contribution in [1.82, 2.24) is 4.90 Å². The topological polar surface area (TPSA) is 44.1 Å². The first kappa shape index (κ1) is 13.0. The monoisotopic (exact) mass is 222 g/mol. The fourth-order valence-electron chi connectivity index (χ4n) is 2.18. The molecule has 1 fully saturated rings. The molecule has 0 aliphatic carbocycles. The van der Waals surface area contributed by atoms with Crippen LogP contribution >= 0.6 is 0 Å². The number of nitriles is 1. The molecule has 0 aromatic heterocycles. The van der Waals surface area contributed by atoms with E-state index in [1.807, 2.05) is 11.8 Å². The molecule has 1 saturated heterocycles. The van der Waals surface area contributed by atoms with E-state index < -0.39 is 5.92 Å². The molecule has 0 spiro atoms. The number of hydrogen-bond acceptors (Lipinski definition) is 2. The van der Waals surface area contributed by atoms with Gasteiger partial charge in [0.05, 0.1) is 6.07 Å². The highest BCUT2D eigenvalue weighted by Gasteiger charge is 2.28. The third-order valence-corrected chi connectivity index (χ3v) is 3.51. The minimum atomic E-state index is -0.443. The van der Waals surface area contributed by atoms with E-state index in [0.717, 1.165) is 25.9 Å². The first-order valence-corrected chi connectivity index (χ1v) is 6.18. The molecule has 16 heavy (non-hydrogen) atoms. The fraction of sp³-hybridized carbons (Fsp3) is 0.846. The van der Waals surface area contributed by atoms with Crippen LogP contribution in [0.4, 0.5) is 0 Å². The average Bonchev–Trinajstić information content (AvgIpc) is 2.41. The molecule has 0 aromatic rings. The van der Waals surface area contributed by atoms with E-state index in [4.69, 9.17) is 5.26 Å². The molecule has 1 aliphatic rings. The van der Waals surface area contributed by atoms with Crippen LogP contribution in [0, 0.1) is 22.7 Å². The summed E-state index contributed by atoms with van der Waals surface area (Å²) in [6.45, 7) is 8.03. The first-order valence-electron chi connectivity index (χ1n) is 6.18. The van der Waals surface area contributed by atoms with Crippen LogP contribution in [0.15, 0.2) is 0 Å². The van der Waals surface area contributed by atoms with Crippen LogP contribution < -0.4 is 0 Å². The van der Waals surface area contributed by atoms with Crippen molar-refractivity contribution in [2.45, 2.75) is 46.5 Å².